The molecule has 24 heteroatoms. The zero-order valence-electron chi connectivity index (χ0n) is 63.8. The Morgan fingerprint density at radius 3 is 1.45 bits per heavy atom. The number of nitrogens with one attached hydrogen (secondary N) is 1. The van der Waals surface area contributed by atoms with E-state index in [1.165, 1.54) is 32.2 Å². The molecule has 4 N–H and O–H groups in total. The largest absolute Gasteiger partial charge is 0.456 e. The van der Waals surface area contributed by atoms with Crippen LogP contribution in [0.1, 0.15) is 156 Å². The minimum Gasteiger partial charge on any atom is -0.456 e. The SMILES string of the molecule is C=C[C@@H]1O[C@@H]2C3=C(C)[C@@H](O)C[C@@](O)([C@@H](OC(=O)c4ccccc4)[C@H]4[C@@](C)(C=C[C@H]5OC[C@]54OC(C)=O)[C@@H]2O1)C3(C)C.C=C[C@@H]1O[C@@H]2C3=C(C)[C@@H](OC(=O)[C@H](O[Si](C(C)C)(C(C)C)C(C)C)[C@@H](NC)c4ncccc4F)C[C@@](O)([C@@H](OC(=O)c4ccccc4)[C@H]4[C@@](C)(C=C[C@H]5OC[C@]54OC(C)=O)[C@@H]2O1)C3(C)C. The van der Waals surface area contributed by atoms with Gasteiger partial charge in [0.2, 0.25) is 8.32 Å². The molecular weight excluding hydrogens is 1380 g/mol. The summed E-state index contributed by atoms with van der Waals surface area (Å²) in [5.41, 5.74) is -7.92. The standard InChI is InChI=1S/C50H67FN2O11Si.C32H38O9/c1-14-36-60-40-37-30(8)34(59-46(56)41(39(52-13)38-33(51)21-18-24-53-38)64-65(27(2)3,28(4)5)29(6)7)25-50(57,47(37,10)11)44(62-45(55)32-19-16-15-17-20-32)42-48(12,43(40)61-36)23-22-35-49(42,26-58-35)63-31(9)54;1-7-22-38-24-23-17(2)20(34)15-32(36,29(23,4)5)27(40-28(35)19-11-9-8-10-12-19)25-30(6,26(24)39-22)14-13-21-31(25,16-37-21)41-18(3)33/h14-24,27-29,34-36,39-44,52,57H,1,25-26H2,2-13H3;7-14,20-22,24-27,34,36H,1,15-16H2,2-6H3/t34-,35+,36+,39-,40+,41+,42-,43+,44-,48+,49-,50+;20-,21+,22+,24+,25-,26+,27-,30+,31-,32+/m00/s1. The second-order valence-electron chi connectivity index (χ2n) is 32.9. The molecule has 13 rings (SSSR count). The van der Waals surface area contributed by atoms with Crippen molar-refractivity contribution in [2.24, 2.45) is 33.5 Å². The first-order valence-corrected chi connectivity index (χ1v) is 39.1. The Bertz CT molecular complexity index is 4030. The first kappa shape index (κ1) is 78.7. The van der Waals surface area contributed by atoms with E-state index in [0.29, 0.717) is 27.9 Å². The number of benzene rings is 2. The maximum atomic E-state index is 15.8. The second kappa shape index (κ2) is 28.5. The lowest BCUT2D eigenvalue weighted by molar-refractivity contribution is -0.316. The van der Waals surface area contributed by atoms with Crippen LogP contribution in [-0.2, 0) is 70.9 Å². The minimum absolute atomic E-state index is 0.0138. The normalized spacial score (nSPS) is 37.5. The number of carbonyl (C=O) groups is 5. The molecular formula is C82H105FN2O20Si. The highest BCUT2D eigenvalue weighted by atomic mass is 28.4. The highest BCUT2D eigenvalue weighted by Gasteiger charge is 2.79. The smallest absolute Gasteiger partial charge is 0.338 e. The van der Waals surface area contributed by atoms with Crippen molar-refractivity contribution in [2.45, 2.75) is 248 Å². The van der Waals surface area contributed by atoms with Gasteiger partial charge in [0.15, 0.2) is 29.9 Å². The lowest BCUT2D eigenvalue weighted by Gasteiger charge is -2.66. The molecule has 2 aromatic carbocycles. The molecule has 1 aromatic heterocycles. The predicted octanol–water partition coefficient (Wildman–Crippen LogP) is 11.1. The number of carbonyl (C=O) groups excluding carboxylic acids is 5. The number of aliphatic hydroxyl groups is 3. The van der Waals surface area contributed by atoms with E-state index in [1.807, 2.05) is 79.7 Å². The van der Waals surface area contributed by atoms with Crippen molar-refractivity contribution in [3.63, 3.8) is 0 Å². The van der Waals surface area contributed by atoms with Crippen LogP contribution in [0.3, 0.4) is 0 Å². The molecule has 3 aromatic rings. The molecule has 2 saturated carbocycles. The van der Waals surface area contributed by atoms with Gasteiger partial charge in [-0.05, 0) is 108 Å². The molecule has 0 unspecified atom stereocenters. The van der Waals surface area contributed by atoms with Crippen LogP contribution in [-0.4, -0.2) is 181 Å². The van der Waals surface area contributed by atoms with Gasteiger partial charge in [0.25, 0.3) is 0 Å². The van der Waals surface area contributed by atoms with Gasteiger partial charge in [0.1, 0.15) is 72.0 Å². The van der Waals surface area contributed by atoms with Gasteiger partial charge in [-0.25, -0.2) is 18.8 Å². The van der Waals surface area contributed by atoms with Crippen molar-refractivity contribution in [1.82, 2.24) is 10.3 Å². The average molecular weight is 1490 g/mol. The number of aromatic nitrogens is 1. The zero-order chi connectivity index (χ0) is 77.1. The van der Waals surface area contributed by atoms with Gasteiger partial charge in [0, 0.05) is 54.5 Å². The van der Waals surface area contributed by atoms with Gasteiger partial charge in [-0.1, -0.05) is 157 Å². The number of pyridine rings is 1. The molecule has 0 spiro atoms. The Kier molecular flexibility index (Phi) is 21.2. The molecule has 0 radical (unpaired) electrons. The highest BCUT2D eigenvalue weighted by molar-refractivity contribution is 6.77. The Labute approximate surface area is 621 Å². The lowest BCUT2D eigenvalue weighted by atomic mass is 9.46. The molecule has 4 aliphatic heterocycles. The number of ether oxygens (including phenoxy) is 11. The maximum Gasteiger partial charge on any atom is 0.338 e. The van der Waals surface area contributed by atoms with Crippen LogP contribution in [0.25, 0.3) is 0 Å². The quantitative estimate of drug-likeness (QED) is 0.0398. The van der Waals surface area contributed by atoms with E-state index in [9.17, 15) is 34.5 Å². The fourth-order valence-corrected chi connectivity index (χ4v) is 26.1. The third-order valence-corrected chi connectivity index (χ3v) is 31.8. The summed E-state index contributed by atoms with van der Waals surface area (Å²) >= 11 is 0. The van der Waals surface area contributed by atoms with E-state index >= 15 is 9.18 Å². The first-order valence-electron chi connectivity index (χ1n) is 37.0. The number of aliphatic hydroxyl groups excluding tert-OH is 1. The van der Waals surface area contributed by atoms with E-state index in [2.05, 4.69) is 65.0 Å². The van der Waals surface area contributed by atoms with E-state index in [-0.39, 0.29) is 53.9 Å². The molecule has 22 atom stereocenters. The number of esters is 5. The van der Waals surface area contributed by atoms with Crippen molar-refractivity contribution >= 4 is 38.2 Å². The summed E-state index contributed by atoms with van der Waals surface area (Å²) in [6, 6.07) is 18.7. The predicted molar refractivity (Wildman–Crippen MR) is 389 cm³/mol. The summed E-state index contributed by atoms with van der Waals surface area (Å²) < 4.78 is 93.7. The Morgan fingerprint density at radius 1 is 0.632 bits per heavy atom. The number of rotatable bonds is 18. The van der Waals surface area contributed by atoms with Crippen LogP contribution in [0.15, 0.2) is 151 Å². The number of halogens is 1. The van der Waals surface area contributed by atoms with Crippen molar-refractivity contribution in [1.29, 1.82) is 0 Å². The maximum absolute atomic E-state index is 15.8. The molecule has 574 valence electrons. The summed E-state index contributed by atoms with van der Waals surface area (Å²) in [4.78, 5) is 73.9. The Balaban J connectivity index is 0.000000220. The summed E-state index contributed by atoms with van der Waals surface area (Å²) in [7, 11) is -1.29. The molecule has 106 heavy (non-hydrogen) atoms. The molecule has 0 amide bonds. The fraction of sp³-hybridized carbons (Fsp3) is 0.585. The van der Waals surface area contributed by atoms with E-state index in [4.69, 9.17) is 56.5 Å². The second-order valence-corrected chi connectivity index (χ2v) is 38.3. The van der Waals surface area contributed by atoms with Crippen LogP contribution in [0.2, 0.25) is 16.6 Å². The van der Waals surface area contributed by atoms with Crippen LogP contribution >= 0.6 is 0 Å². The molecule has 22 nitrogen and oxygen atoms in total. The average Bonchev–Trinajstić information content (AvgIpc) is 1.35. The highest BCUT2D eigenvalue weighted by Crippen LogP contribution is 2.68. The van der Waals surface area contributed by atoms with E-state index in [1.54, 1.807) is 79.9 Å². The van der Waals surface area contributed by atoms with Crippen molar-refractivity contribution in [3.05, 3.63) is 174 Å². The van der Waals surface area contributed by atoms with Gasteiger partial charge >= 0.3 is 29.8 Å². The summed E-state index contributed by atoms with van der Waals surface area (Å²) in [6.45, 7) is 38.0. The molecule has 10 aliphatic rings. The monoisotopic (exact) mass is 1480 g/mol. The lowest BCUT2D eigenvalue weighted by Crippen LogP contribution is -2.78. The van der Waals surface area contributed by atoms with Gasteiger partial charge in [0.05, 0.1) is 54.0 Å². The van der Waals surface area contributed by atoms with Crippen molar-refractivity contribution in [2.75, 3.05) is 20.3 Å². The molecule has 6 fully saturated rings. The number of nitrogens with zero attached hydrogens (tertiary/aromatic N) is 1. The minimum atomic E-state index is -2.91. The van der Waals surface area contributed by atoms with E-state index < -0.39 is 186 Å². The number of hydrogen-bond donors (Lipinski definition) is 4. The summed E-state index contributed by atoms with van der Waals surface area (Å²) in [5, 5.41) is 41.6. The number of likely N-dealkylation sites (N-methyl/N-ethyl adjacent to an activating group) is 1. The third kappa shape index (κ3) is 12.2. The Morgan fingerprint density at radius 2 is 1.07 bits per heavy atom. The van der Waals surface area contributed by atoms with Crippen LogP contribution in [0.4, 0.5) is 4.39 Å². The van der Waals surface area contributed by atoms with Gasteiger partial charge < -0.3 is 77.2 Å². The van der Waals surface area contributed by atoms with Gasteiger partial charge in [-0.2, -0.15) is 0 Å². The first-order chi connectivity index (χ1) is 49.8. The van der Waals surface area contributed by atoms with Gasteiger partial charge in [-0.3, -0.25) is 14.6 Å². The van der Waals surface area contributed by atoms with Crippen molar-refractivity contribution < 1.29 is 100 Å². The van der Waals surface area contributed by atoms with Crippen LogP contribution in [0, 0.1) is 39.3 Å². The van der Waals surface area contributed by atoms with Crippen LogP contribution < -0.4 is 5.32 Å². The molecule has 4 saturated heterocycles. The Hall–Kier alpha value is -6.91. The number of hydrogen-bond acceptors (Lipinski definition) is 22. The van der Waals surface area contributed by atoms with Crippen LogP contribution in [0.5, 0.6) is 0 Å². The topological polar surface area (TPSA) is 282 Å². The number of fused-ring (bicyclic) bond motifs is 16. The summed E-state index contributed by atoms with van der Waals surface area (Å²) in [5.74, 6) is -5.76. The van der Waals surface area contributed by atoms with Gasteiger partial charge in [-0.15, -0.1) is 0 Å². The molecule has 5 heterocycles. The van der Waals surface area contributed by atoms with E-state index in [0.717, 1.165) is 0 Å². The fourth-order valence-electron chi connectivity index (χ4n) is 20.6. The zero-order valence-corrected chi connectivity index (χ0v) is 64.8. The molecule has 4 bridgehead atoms. The molecule has 6 aliphatic carbocycles. The summed E-state index contributed by atoms with van der Waals surface area (Å²) in [6.07, 6.45) is -0.691. The van der Waals surface area contributed by atoms with Crippen molar-refractivity contribution in [3.8, 4) is 0 Å². The third-order valence-electron chi connectivity index (χ3n) is 25.7.